The molecule has 1 aliphatic rings. The van der Waals surface area contributed by atoms with Crippen LogP contribution in [0.1, 0.15) is 40.0 Å². The van der Waals surface area contributed by atoms with Gasteiger partial charge in [-0.1, -0.05) is 18.2 Å². The number of ether oxygens (including phenoxy) is 1. The second-order valence-electron chi connectivity index (χ2n) is 6.83. The first kappa shape index (κ1) is 21.0. The minimum absolute atomic E-state index is 0.0374. The molecule has 156 valence electrons. The van der Waals surface area contributed by atoms with Crippen LogP contribution in [0.25, 0.3) is 0 Å². The second kappa shape index (κ2) is 9.64. The van der Waals surface area contributed by atoms with Gasteiger partial charge in [0.05, 0.1) is 10.5 Å². The van der Waals surface area contributed by atoms with Crippen molar-refractivity contribution in [3.8, 4) is 0 Å². The molecule has 0 bridgehead atoms. The lowest BCUT2D eigenvalue weighted by Gasteiger charge is -2.28. The van der Waals surface area contributed by atoms with Gasteiger partial charge in [0.1, 0.15) is 5.69 Å². The van der Waals surface area contributed by atoms with Gasteiger partial charge in [0.25, 0.3) is 17.5 Å². The molecule has 3 rings (SSSR count). The molecule has 1 N–H and O–H groups in total. The summed E-state index contributed by atoms with van der Waals surface area (Å²) in [6, 6.07) is 12.2. The lowest BCUT2D eigenvalue weighted by Crippen LogP contribution is -2.34. The van der Waals surface area contributed by atoms with Crippen molar-refractivity contribution >= 4 is 29.2 Å². The highest BCUT2D eigenvalue weighted by atomic mass is 16.6. The monoisotopic (exact) mass is 411 g/mol. The third-order valence-electron chi connectivity index (χ3n) is 4.73. The van der Waals surface area contributed by atoms with E-state index < -0.39 is 29.3 Å². The molecule has 9 heteroatoms. The van der Waals surface area contributed by atoms with Crippen LogP contribution in [0, 0.1) is 10.1 Å². The summed E-state index contributed by atoms with van der Waals surface area (Å²) in [6.45, 7) is 0.763. The van der Waals surface area contributed by atoms with E-state index in [0.717, 1.165) is 38.4 Å². The molecule has 1 heterocycles. The number of rotatable bonds is 6. The normalized spacial score (nSPS) is 13.4. The van der Waals surface area contributed by atoms with Gasteiger partial charge in [-0.2, -0.15) is 0 Å². The van der Waals surface area contributed by atoms with Crippen LogP contribution >= 0.6 is 0 Å². The molecule has 2 aromatic rings. The largest absolute Gasteiger partial charge is 0.452 e. The van der Waals surface area contributed by atoms with Crippen molar-refractivity contribution in [3.05, 3.63) is 69.8 Å². The van der Waals surface area contributed by atoms with Gasteiger partial charge in [-0.05, 0) is 43.5 Å². The summed E-state index contributed by atoms with van der Waals surface area (Å²) in [6.07, 6.45) is 3.00. The second-order valence-corrected chi connectivity index (χ2v) is 6.83. The van der Waals surface area contributed by atoms with Crippen molar-refractivity contribution in [3.63, 3.8) is 0 Å². The predicted molar refractivity (Wildman–Crippen MR) is 108 cm³/mol. The number of nitro benzene ring substituents is 1. The van der Waals surface area contributed by atoms with Gasteiger partial charge >= 0.3 is 5.97 Å². The number of piperidine rings is 1. The zero-order valence-electron chi connectivity index (χ0n) is 16.2. The topological polar surface area (TPSA) is 119 Å². The summed E-state index contributed by atoms with van der Waals surface area (Å²) in [5.74, 6) is -2.29. The first-order chi connectivity index (χ1) is 14.5. The van der Waals surface area contributed by atoms with Gasteiger partial charge in [0.15, 0.2) is 6.61 Å². The zero-order chi connectivity index (χ0) is 21.5. The van der Waals surface area contributed by atoms with Crippen LogP contribution in [-0.4, -0.2) is 42.4 Å². The van der Waals surface area contributed by atoms with E-state index in [4.69, 9.17) is 4.74 Å². The maximum Gasteiger partial charge on any atom is 0.338 e. The quantitative estimate of drug-likeness (QED) is 0.441. The van der Waals surface area contributed by atoms with Crippen LogP contribution in [0.5, 0.6) is 0 Å². The minimum atomic E-state index is -0.884. The maximum absolute atomic E-state index is 12.2. The Morgan fingerprint density at radius 3 is 2.37 bits per heavy atom. The molecule has 2 amide bonds. The summed E-state index contributed by atoms with van der Waals surface area (Å²) in [7, 11) is 0. The average Bonchev–Trinajstić information content (AvgIpc) is 2.78. The van der Waals surface area contributed by atoms with Gasteiger partial charge in [-0.3, -0.25) is 25.0 Å². The fraction of sp³-hybridized carbons (Fsp3) is 0.286. The molecule has 0 aromatic heterocycles. The molecule has 0 atom stereocenters. The molecular weight excluding hydrogens is 390 g/mol. The third-order valence-corrected chi connectivity index (χ3v) is 4.73. The smallest absolute Gasteiger partial charge is 0.338 e. The molecule has 0 aliphatic carbocycles. The van der Waals surface area contributed by atoms with E-state index in [1.165, 1.54) is 24.3 Å². The number of nitrogens with one attached hydrogen (secondary N) is 1. The molecule has 1 fully saturated rings. The molecule has 0 spiro atoms. The number of esters is 1. The van der Waals surface area contributed by atoms with Gasteiger partial charge in [-0.25, -0.2) is 4.79 Å². The molecule has 1 aliphatic heterocycles. The lowest BCUT2D eigenvalue weighted by atomic mass is 10.1. The average molecular weight is 411 g/mol. The van der Waals surface area contributed by atoms with Crippen LogP contribution in [0.2, 0.25) is 0 Å². The highest BCUT2D eigenvalue weighted by Gasteiger charge is 2.24. The number of imide groups is 1. The minimum Gasteiger partial charge on any atom is -0.452 e. The number of nitro groups is 1. The third kappa shape index (κ3) is 5.19. The number of anilines is 1. The van der Waals surface area contributed by atoms with Crippen molar-refractivity contribution in [1.29, 1.82) is 0 Å². The van der Waals surface area contributed by atoms with Crippen molar-refractivity contribution in [1.82, 2.24) is 5.32 Å². The van der Waals surface area contributed by atoms with Gasteiger partial charge in [-0.15, -0.1) is 0 Å². The van der Waals surface area contributed by atoms with Crippen LogP contribution in [0.4, 0.5) is 11.4 Å². The van der Waals surface area contributed by atoms with Gasteiger partial charge in [0, 0.05) is 24.7 Å². The number of carbonyl (C=O) groups is 3. The number of hydrogen-bond acceptors (Lipinski definition) is 7. The fourth-order valence-electron chi connectivity index (χ4n) is 3.24. The van der Waals surface area contributed by atoms with E-state index in [9.17, 15) is 24.5 Å². The van der Waals surface area contributed by atoms with Crippen molar-refractivity contribution in [2.75, 3.05) is 24.6 Å². The molecule has 0 radical (unpaired) electrons. The Morgan fingerprint density at radius 1 is 1.00 bits per heavy atom. The van der Waals surface area contributed by atoms with Crippen molar-refractivity contribution in [2.24, 2.45) is 0 Å². The summed E-state index contributed by atoms with van der Waals surface area (Å²) >= 11 is 0. The van der Waals surface area contributed by atoms with E-state index in [1.807, 2.05) is 4.90 Å². The van der Waals surface area contributed by atoms with E-state index in [2.05, 4.69) is 5.32 Å². The Hall–Kier alpha value is -3.75. The molecule has 0 saturated carbocycles. The van der Waals surface area contributed by atoms with Crippen LogP contribution in [0.3, 0.4) is 0 Å². The maximum atomic E-state index is 12.2. The summed E-state index contributed by atoms with van der Waals surface area (Å²) in [5, 5.41) is 13.6. The first-order valence-electron chi connectivity index (χ1n) is 9.55. The van der Waals surface area contributed by atoms with Gasteiger partial charge in [0.2, 0.25) is 0 Å². The lowest BCUT2D eigenvalue weighted by molar-refractivity contribution is -0.384. The van der Waals surface area contributed by atoms with Crippen molar-refractivity contribution < 1.29 is 24.0 Å². The standard InChI is InChI=1S/C21H21N3O6/c25-19(22-20(26)15-7-3-1-4-8-15)14-30-21(27)16-9-10-17(18(13-16)24(28)29)23-11-5-2-6-12-23/h1,3-4,7-10,13H,2,5-6,11-12,14H2,(H,22,25,26). The molecule has 30 heavy (non-hydrogen) atoms. The molecule has 9 nitrogen and oxygen atoms in total. The number of benzene rings is 2. The molecular formula is C21H21N3O6. The SMILES string of the molecule is O=C(COC(=O)c1ccc(N2CCCCC2)c([N+](=O)[O-])c1)NC(=O)c1ccccc1. The van der Waals surface area contributed by atoms with E-state index >= 15 is 0 Å². The Balaban J connectivity index is 1.62. The number of carbonyl (C=O) groups excluding carboxylic acids is 3. The van der Waals surface area contributed by atoms with Crippen LogP contribution in [-0.2, 0) is 9.53 Å². The highest BCUT2D eigenvalue weighted by molar-refractivity contribution is 6.05. The predicted octanol–water partition coefficient (Wildman–Crippen LogP) is 2.70. The number of nitrogens with zero attached hydrogens (tertiary/aromatic N) is 2. The number of amides is 2. The van der Waals surface area contributed by atoms with Crippen LogP contribution in [0.15, 0.2) is 48.5 Å². The Morgan fingerprint density at radius 2 is 1.70 bits per heavy atom. The first-order valence-corrected chi connectivity index (χ1v) is 9.55. The molecule has 0 unspecified atom stereocenters. The summed E-state index contributed by atoms with van der Waals surface area (Å²) in [5.41, 5.74) is 0.531. The van der Waals surface area contributed by atoms with E-state index in [-0.39, 0.29) is 11.3 Å². The molecule has 2 aromatic carbocycles. The Bertz CT molecular complexity index is 954. The summed E-state index contributed by atoms with van der Waals surface area (Å²) in [4.78, 5) is 48.9. The Kier molecular flexibility index (Phi) is 6.74. The van der Waals surface area contributed by atoms with E-state index in [1.54, 1.807) is 18.2 Å². The van der Waals surface area contributed by atoms with Gasteiger partial charge < -0.3 is 9.64 Å². The van der Waals surface area contributed by atoms with E-state index in [0.29, 0.717) is 11.3 Å². The highest BCUT2D eigenvalue weighted by Crippen LogP contribution is 2.31. The fourth-order valence-corrected chi connectivity index (χ4v) is 3.24. The molecule has 1 saturated heterocycles. The zero-order valence-corrected chi connectivity index (χ0v) is 16.2. The van der Waals surface area contributed by atoms with Crippen molar-refractivity contribution in [2.45, 2.75) is 19.3 Å². The summed E-state index contributed by atoms with van der Waals surface area (Å²) < 4.78 is 4.91. The van der Waals surface area contributed by atoms with Crippen LogP contribution < -0.4 is 10.2 Å². The number of hydrogen-bond donors (Lipinski definition) is 1. The Labute approximate surface area is 172 Å².